The molecule has 106 valence electrons. The Bertz CT molecular complexity index is 812. The van der Waals surface area contributed by atoms with Crippen LogP contribution >= 0.6 is 22.9 Å². The third-order valence-electron chi connectivity index (χ3n) is 3.22. The lowest BCUT2D eigenvalue weighted by molar-refractivity contribution is 0.691. The molecule has 0 aliphatic heterocycles. The Hall–Kier alpha value is -1.60. The van der Waals surface area contributed by atoms with Gasteiger partial charge in [0, 0.05) is 18.1 Å². The minimum absolute atomic E-state index is 0.0527. The van der Waals surface area contributed by atoms with Gasteiger partial charge in [0.1, 0.15) is 11.3 Å². The summed E-state index contributed by atoms with van der Waals surface area (Å²) < 4.78 is 3.83. The number of aryl methyl sites for hydroxylation is 2. The van der Waals surface area contributed by atoms with Gasteiger partial charge < -0.3 is 9.55 Å². The summed E-state index contributed by atoms with van der Waals surface area (Å²) in [5.41, 5.74) is 3.64. The van der Waals surface area contributed by atoms with Crippen LogP contribution in [0.3, 0.4) is 0 Å². The van der Waals surface area contributed by atoms with Gasteiger partial charge >= 0.3 is 4.87 Å². The molecule has 0 bridgehead atoms. The number of H-pyrrole nitrogens is 1. The van der Waals surface area contributed by atoms with Gasteiger partial charge in [-0.1, -0.05) is 18.3 Å². The van der Waals surface area contributed by atoms with Gasteiger partial charge in [-0.25, -0.2) is 4.98 Å². The minimum atomic E-state index is -0.0527. The van der Waals surface area contributed by atoms with Crippen molar-refractivity contribution >= 4 is 34.1 Å². The van der Waals surface area contributed by atoms with Crippen LogP contribution < -0.4 is 4.87 Å². The normalized spacial score (nSPS) is 11.6. The number of nitrogens with one attached hydrogen (secondary N) is 1. The fourth-order valence-corrected chi connectivity index (χ4v) is 3.13. The van der Waals surface area contributed by atoms with Gasteiger partial charge in [0.15, 0.2) is 5.65 Å². The number of hydrogen-bond acceptors (Lipinski definition) is 4. The average molecular weight is 312 g/mol. The van der Waals surface area contributed by atoms with E-state index in [-0.39, 0.29) is 4.87 Å². The van der Waals surface area contributed by atoms with Crippen molar-refractivity contribution < 1.29 is 0 Å². The number of thiazole rings is 1. The molecule has 0 atom stereocenters. The summed E-state index contributed by atoms with van der Waals surface area (Å²) in [5.74, 6) is 1.11. The molecule has 6 nitrogen and oxygen atoms in total. The number of hydrogen-bond donors (Lipinski definition) is 1. The van der Waals surface area contributed by atoms with E-state index in [1.165, 1.54) is 0 Å². The number of nitrogens with zero attached hydrogens (tertiary/aromatic N) is 4. The number of aromatic nitrogens is 5. The van der Waals surface area contributed by atoms with Crippen LogP contribution in [0, 0.1) is 0 Å². The fraction of sp³-hybridized carbons (Fsp3) is 0.417. The van der Waals surface area contributed by atoms with Gasteiger partial charge in [-0.15, -0.1) is 11.6 Å². The van der Waals surface area contributed by atoms with Crippen molar-refractivity contribution in [1.82, 2.24) is 24.3 Å². The largest absolute Gasteiger partial charge is 0.315 e. The van der Waals surface area contributed by atoms with Crippen LogP contribution in [0.5, 0.6) is 0 Å². The van der Waals surface area contributed by atoms with Crippen LogP contribution in [0.25, 0.3) is 11.2 Å². The maximum Gasteiger partial charge on any atom is 0.304 e. The Balaban J connectivity index is 2.17. The van der Waals surface area contributed by atoms with Crippen molar-refractivity contribution in [3.8, 4) is 0 Å². The average Bonchev–Trinajstić information content (AvgIpc) is 3.07. The molecule has 3 rings (SSSR count). The van der Waals surface area contributed by atoms with Crippen molar-refractivity contribution in [2.24, 2.45) is 7.05 Å². The van der Waals surface area contributed by atoms with Crippen LogP contribution in [0.15, 0.2) is 10.2 Å². The van der Waals surface area contributed by atoms with Gasteiger partial charge in [-0.3, -0.25) is 9.48 Å². The molecule has 0 aliphatic carbocycles. The summed E-state index contributed by atoms with van der Waals surface area (Å²) in [6.45, 7) is 2.59. The van der Waals surface area contributed by atoms with Gasteiger partial charge in [-0.05, 0) is 6.42 Å². The lowest BCUT2D eigenvalue weighted by atomic mass is 10.3. The molecule has 0 fully saturated rings. The van der Waals surface area contributed by atoms with Crippen molar-refractivity contribution in [1.29, 1.82) is 0 Å². The second kappa shape index (κ2) is 5.06. The van der Waals surface area contributed by atoms with E-state index in [2.05, 4.69) is 22.0 Å². The molecule has 20 heavy (non-hydrogen) atoms. The molecular weight excluding hydrogens is 298 g/mol. The summed E-state index contributed by atoms with van der Waals surface area (Å²) in [5, 5.41) is 6.29. The number of imidazole rings is 1. The molecule has 0 radical (unpaired) electrons. The summed E-state index contributed by atoms with van der Waals surface area (Å²) in [7, 11) is 1.90. The quantitative estimate of drug-likeness (QED) is 0.748. The predicted octanol–water partition coefficient (Wildman–Crippen LogP) is 1.87. The first-order chi connectivity index (χ1) is 9.63. The fourth-order valence-electron chi connectivity index (χ4n) is 2.35. The van der Waals surface area contributed by atoms with Crippen molar-refractivity contribution in [3.05, 3.63) is 32.3 Å². The minimum Gasteiger partial charge on any atom is -0.315 e. The van der Waals surface area contributed by atoms with Crippen LogP contribution in [-0.2, 0) is 25.9 Å². The molecular formula is C12H14ClN5OS. The Labute approximate surface area is 124 Å². The number of fused-ring (bicyclic) bond motifs is 1. The van der Waals surface area contributed by atoms with E-state index >= 15 is 0 Å². The number of rotatable bonds is 4. The highest BCUT2D eigenvalue weighted by molar-refractivity contribution is 7.07. The summed E-state index contributed by atoms with van der Waals surface area (Å²) in [6, 6.07) is 0. The summed E-state index contributed by atoms with van der Waals surface area (Å²) in [6.07, 6.45) is 0.825. The Kier molecular flexibility index (Phi) is 3.39. The van der Waals surface area contributed by atoms with E-state index in [1.54, 1.807) is 0 Å². The van der Waals surface area contributed by atoms with Gasteiger partial charge in [-0.2, -0.15) is 5.10 Å². The topological polar surface area (TPSA) is 68.5 Å². The molecule has 3 aromatic heterocycles. The zero-order chi connectivity index (χ0) is 14.3. The van der Waals surface area contributed by atoms with Crippen molar-refractivity contribution in [3.63, 3.8) is 0 Å². The maximum absolute atomic E-state index is 11.2. The molecule has 3 heterocycles. The van der Waals surface area contributed by atoms with Gasteiger partial charge in [0.05, 0.1) is 18.1 Å². The predicted molar refractivity (Wildman–Crippen MR) is 79.5 cm³/mol. The molecule has 0 amide bonds. The van der Waals surface area contributed by atoms with E-state index in [0.717, 1.165) is 46.1 Å². The first-order valence-corrected chi connectivity index (χ1v) is 7.69. The van der Waals surface area contributed by atoms with E-state index < -0.39 is 0 Å². The molecule has 0 saturated heterocycles. The molecule has 0 aliphatic rings. The van der Waals surface area contributed by atoms with Crippen LogP contribution in [-0.4, -0.2) is 24.3 Å². The Morgan fingerprint density at radius 2 is 2.30 bits per heavy atom. The zero-order valence-corrected chi connectivity index (χ0v) is 12.8. The smallest absolute Gasteiger partial charge is 0.304 e. The molecule has 3 aromatic rings. The summed E-state index contributed by atoms with van der Waals surface area (Å²) in [4.78, 5) is 18.6. The van der Waals surface area contributed by atoms with Gasteiger partial charge in [0.2, 0.25) is 0 Å². The van der Waals surface area contributed by atoms with E-state index in [0.29, 0.717) is 12.4 Å². The highest BCUT2D eigenvalue weighted by Crippen LogP contribution is 2.22. The SMILES string of the molecule is CCc1nn(C)c2c1nc(CCl)n2Cc1csc(=O)[nH]1. The highest BCUT2D eigenvalue weighted by atomic mass is 35.5. The van der Waals surface area contributed by atoms with Crippen molar-refractivity contribution in [2.75, 3.05) is 0 Å². The number of halogens is 1. The van der Waals surface area contributed by atoms with Crippen molar-refractivity contribution in [2.45, 2.75) is 25.8 Å². The molecule has 8 heteroatoms. The lowest BCUT2D eigenvalue weighted by Crippen LogP contribution is -2.09. The zero-order valence-electron chi connectivity index (χ0n) is 11.2. The molecule has 1 N–H and O–H groups in total. The summed E-state index contributed by atoms with van der Waals surface area (Å²) >= 11 is 7.16. The molecule has 0 aromatic carbocycles. The second-order valence-electron chi connectivity index (χ2n) is 4.52. The van der Waals surface area contributed by atoms with Crippen LogP contribution in [0.1, 0.15) is 24.1 Å². The lowest BCUT2D eigenvalue weighted by Gasteiger charge is -2.06. The molecule has 0 spiro atoms. The Morgan fingerprint density at radius 1 is 1.50 bits per heavy atom. The standard InChI is InChI=1S/C12H14ClN5OS/c1-3-8-10-11(17(2)16-8)18(9(4-13)15-10)5-7-6-20-12(19)14-7/h6H,3-5H2,1-2H3,(H,14,19). The van der Waals surface area contributed by atoms with E-state index in [1.807, 2.05) is 21.7 Å². The first kappa shape index (κ1) is 13.4. The van der Waals surface area contributed by atoms with E-state index in [4.69, 9.17) is 11.6 Å². The molecule has 0 unspecified atom stereocenters. The van der Waals surface area contributed by atoms with Crippen LogP contribution in [0.2, 0.25) is 0 Å². The first-order valence-electron chi connectivity index (χ1n) is 6.27. The third kappa shape index (κ3) is 2.06. The molecule has 0 saturated carbocycles. The maximum atomic E-state index is 11.2. The Morgan fingerprint density at radius 3 is 2.90 bits per heavy atom. The second-order valence-corrected chi connectivity index (χ2v) is 5.63. The highest BCUT2D eigenvalue weighted by Gasteiger charge is 2.18. The number of alkyl halides is 1. The van der Waals surface area contributed by atoms with Gasteiger partial charge in [0.25, 0.3) is 0 Å². The van der Waals surface area contributed by atoms with Crippen LogP contribution in [0.4, 0.5) is 0 Å². The third-order valence-corrected chi connectivity index (χ3v) is 4.18. The monoisotopic (exact) mass is 311 g/mol. The number of aromatic amines is 1. The van der Waals surface area contributed by atoms with E-state index in [9.17, 15) is 4.79 Å².